The molecule has 154 valence electrons. The van der Waals surface area contributed by atoms with Gasteiger partial charge in [0.1, 0.15) is 0 Å². The molecule has 0 spiro atoms. The highest BCUT2D eigenvalue weighted by Crippen LogP contribution is 2.68. The largest absolute Gasteiger partial charge is 0.393 e. The summed E-state index contributed by atoms with van der Waals surface area (Å²) >= 11 is 0. The fourth-order valence-electron chi connectivity index (χ4n) is 8.67. The van der Waals surface area contributed by atoms with Crippen molar-refractivity contribution in [2.75, 3.05) is 0 Å². The predicted octanol–water partition coefficient (Wildman–Crippen LogP) is 6.85. The smallest absolute Gasteiger partial charge is 0.0543 e. The topological polar surface area (TPSA) is 20.2 Å². The minimum absolute atomic E-state index is 0.0158. The maximum Gasteiger partial charge on any atom is 0.0543 e. The molecule has 0 saturated heterocycles. The molecule has 0 aliphatic heterocycles. The van der Waals surface area contributed by atoms with Crippen LogP contribution in [0.1, 0.15) is 92.4 Å². The van der Waals surface area contributed by atoms with E-state index in [-0.39, 0.29) is 6.10 Å². The third kappa shape index (κ3) is 3.24. The summed E-state index contributed by atoms with van der Waals surface area (Å²) in [7, 11) is 0. The molecular formula is C26H44O. The third-order valence-electron chi connectivity index (χ3n) is 10.1. The van der Waals surface area contributed by atoms with Crippen molar-refractivity contribution in [3.05, 3.63) is 12.2 Å². The first-order chi connectivity index (χ1) is 12.8. The van der Waals surface area contributed by atoms with Gasteiger partial charge in [-0.3, -0.25) is 0 Å². The summed E-state index contributed by atoms with van der Waals surface area (Å²) in [5.74, 6) is 5.93. The predicted molar refractivity (Wildman–Crippen MR) is 114 cm³/mol. The number of fused-ring (bicyclic) bond motifs is 5. The molecule has 4 aliphatic rings. The molecule has 4 rings (SSSR count). The summed E-state index contributed by atoms with van der Waals surface area (Å²) in [4.78, 5) is 0. The number of hydrogen-bond donors (Lipinski definition) is 1. The van der Waals surface area contributed by atoms with E-state index in [0.717, 1.165) is 48.3 Å². The van der Waals surface area contributed by atoms with Crippen LogP contribution in [0.4, 0.5) is 0 Å². The van der Waals surface area contributed by atoms with Crippen LogP contribution in [0.3, 0.4) is 0 Å². The van der Waals surface area contributed by atoms with Gasteiger partial charge >= 0.3 is 0 Å². The lowest BCUT2D eigenvalue weighted by atomic mass is 9.44. The van der Waals surface area contributed by atoms with Crippen LogP contribution in [-0.2, 0) is 0 Å². The maximum absolute atomic E-state index is 10.2. The second-order valence-corrected chi connectivity index (χ2v) is 11.8. The van der Waals surface area contributed by atoms with Crippen LogP contribution in [-0.4, -0.2) is 11.2 Å². The molecule has 0 bridgehead atoms. The number of hydrogen-bond acceptors (Lipinski definition) is 1. The van der Waals surface area contributed by atoms with Crippen molar-refractivity contribution in [1.29, 1.82) is 0 Å². The van der Waals surface area contributed by atoms with E-state index in [1.54, 1.807) is 0 Å². The van der Waals surface area contributed by atoms with Crippen molar-refractivity contribution >= 4 is 0 Å². The van der Waals surface area contributed by atoms with Crippen LogP contribution in [0.15, 0.2) is 12.2 Å². The number of allylic oxidation sites excluding steroid dienone is 2. The zero-order valence-corrected chi connectivity index (χ0v) is 18.6. The van der Waals surface area contributed by atoms with E-state index in [9.17, 15) is 5.11 Å². The first-order valence-corrected chi connectivity index (χ1v) is 12.1. The quantitative estimate of drug-likeness (QED) is 0.537. The van der Waals surface area contributed by atoms with Crippen LogP contribution in [0.2, 0.25) is 0 Å². The molecule has 1 heteroatoms. The molecule has 0 heterocycles. The minimum atomic E-state index is -0.0158. The third-order valence-corrected chi connectivity index (χ3v) is 10.1. The van der Waals surface area contributed by atoms with Crippen LogP contribution >= 0.6 is 0 Å². The molecule has 0 radical (unpaired) electrons. The summed E-state index contributed by atoms with van der Waals surface area (Å²) in [5.41, 5.74) is 1.09. The van der Waals surface area contributed by atoms with Gasteiger partial charge in [-0.15, -0.1) is 0 Å². The van der Waals surface area contributed by atoms with Gasteiger partial charge in [0.25, 0.3) is 0 Å². The first kappa shape index (κ1) is 20.0. The van der Waals surface area contributed by atoms with E-state index in [2.05, 4.69) is 46.8 Å². The Balaban J connectivity index is 1.54. The van der Waals surface area contributed by atoms with Gasteiger partial charge in [-0.25, -0.2) is 0 Å². The van der Waals surface area contributed by atoms with Crippen molar-refractivity contribution in [2.24, 2.45) is 52.3 Å². The standard InChI is InChI=1S/C26H44O/c1-17(2)6-7-18(3)22-10-11-23-21-9-8-19-16-20(27)12-14-25(19,4)24(21)13-15-26(22,23)5/h6-7,17-24,27H,8-16H2,1-5H3/b7-6+/t18-,19+,20+,21+,22-,23+,24+,25+,26-/m1/s1. The van der Waals surface area contributed by atoms with Crippen molar-refractivity contribution in [1.82, 2.24) is 0 Å². The number of aliphatic hydroxyl groups excluding tert-OH is 1. The zero-order valence-electron chi connectivity index (χ0n) is 18.6. The van der Waals surface area contributed by atoms with E-state index in [0.29, 0.717) is 16.7 Å². The lowest BCUT2D eigenvalue weighted by Gasteiger charge is -2.61. The molecule has 4 saturated carbocycles. The molecule has 0 aromatic rings. The van der Waals surface area contributed by atoms with Gasteiger partial charge in [-0.2, -0.15) is 0 Å². The van der Waals surface area contributed by atoms with E-state index >= 15 is 0 Å². The molecule has 9 atom stereocenters. The van der Waals surface area contributed by atoms with Gasteiger partial charge in [0, 0.05) is 0 Å². The minimum Gasteiger partial charge on any atom is -0.393 e. The lowest BCUT2D eigenvalue weighted by molar-refractivity contribution is -0.128. The molecule has 4 fully saturated rings. The normalized spacial score (nSPS) is 51.1. The fraction of sp³-hybridized carbons (Fsp3) is 0.923. The van der Waals surface area contributed by atoms with Crippen LogP contribution < -0.4 is 0 Å². The Morgan fingerprint density at radius 2 is 1.52 bits per heavy atom. The van der Waals surface area contributed by atoms with Crippen LogP contribution in [0.5, 0.6) is 0 Å². The lowest BCUT2D eigenvalue weighted by Crippen LogP contribution is -2.54. The average Bonchev–Trinajstić information content (AvgIpc) is 2.97. The Morgan fingerprint density at radius 3 is 2.26 bits per heavy atom. The van der Waals surface area contributed by atoms with Crippen molar-refractivity contribution in [2.45, 2.75) is 98.5 Å². The Labute approximate surface area is 168 Å². The molecule has 0 aromatic carbocycles. The van der Waals surface area contributed by atoms with E-state index < -0.39 is 0 Å². The maximum atomic E-state index is 10.2. The molecule has 0 unspecified atom stereocenters. The van der Waals surface area contributed by atoms with Gasteiger partial charge < -0.3 is 5.11 Å². The Hall–Kier alpha value is -0.300. The molecular weight excluding hydrogens is 328 g/mol. The highest BCUT2D eigenvalue weighted by Gasteiger charge is 2.60. The molecule has 0 amide bonds. The molecule has 27 heavy (non-hydrogen) atoms. The Morgan fingerprint density at radius 1 is 0.815 bits per heavy atom. The van der Waals surface area contributed by atoms with Gasteiger partial charge in [-0.1, -0.05) is 46.8 Å². The van der Waals surface area contributed by atoms with Crippen molar-refractivity contribution in [3.63, 3.8) is 0 Å². The van der Waals surface area contributed by atoms with E-state index in [1.165, 1.54) is 44.9 Å². The monoisotopic (exact) mass is 372 g/mol. The summed E-state index contributed by atoms with van der Waals surface area (Å²) in [6.07, 6.45) is 17.0. The molecule has 1 nitrogen and oxygen atoms in total. The summed E-state index contributed by atoms with van der Waals surface area (Å²) < 4.78 is 0. The van der Waals surface area contributed by atoms with Crippen molar-refractivity contribution in [3.8, 4) is 0 Å². The molecule has 0 aromatic heterocycles. The second kappa shape index (κ2) is 7.19. The van der Waals surface area contributed by atoms with Crippen LogP contribution in [0.25, 0.3) is 0 Å². The SMILES string of the molecule is CC(C)/C=C/[C@@H](C)[C@H]1CC[C@H]2[C@@H]3CC[C@H]4C[C@@H](O)CC[C@]4(C)[C@H]3CC[C@]12C. The molecule has 1 N–H and O–H groups in total. The Kier molecular flexibility index (Phi) is 5.32. The number of aliphatic hydroxyl groups is 1. The average molecular weight is 373 g/mol. The van der Waals surface area contributed by atoms with E-state index in [1.807, 2.05) is 0 Å². The zero-order chi connectivity index (χ0) is 19.4. The van der Waals surface area contributed by atoms with Gasteiger partial charge in [-0.05, 0) is 110 Å². The highest BCUT2D eigenvalue weighted by atomic mass is 16.3. The molecule has 4 aliphatic carbocycles. The fourth-order valence-corrected chi connectivity index (χ4v) is 8.67. The Bertz CT molecular complexity index is 565. The number of rotatable bonds is 3. The van der Waals surface area contributed by atoms with Gasteiger partial charge in [0.05, 0.1) is 6.10 Å². The second-order valence-electron chi connectivity index (χ2n) is 11.8. The summed E-state index contributed by atoms with van der Waals surface area (Å²) in [6, 6.07) is 0. The first-order valence-electron chi connectivity index (χ1n) is 12.1. The van der Waals surface area contributed by atoms with Crippen LogP contribution in [0, 0.1) is 52.3 Å². The summed E-state index contributed by atoms with van der Waals surface area (Å²) in [6.45, 7) is 12.4. The highest BCUT2D eigenvalue weighted by molar-refractivity contribution is 5.11. The van der Waals surface area contributed by atoms with E-state index in [4.69, 9.17) is 0 Å². The summed E-state index contributed by atoms with van der Waals surface area (Å²) in [5, 5.41) is 10.2. The van der Waals surface area contributed by atoms with Gasteiger partial charge in [0.15, 0.2) is 0 Å². The van der Waals surface area contributed by atoms with Crippen molar-refractivity contribution < 1.29 is 5.11 Å². The van der Waals surface area contributed by atoms with Gasteiger partial charge in [0.2, 0.25) is 0 Å².